The second kappa shape index (κ2) is 4.50. The first-order chi connectivity index (χ1) is 6.49. The zero-order valence-electron chi connectivity index (χ0n) is 7.11. The fourth-order valence-electron chi connectivity index (χ4n) is 0.857. The lowest BCUT2D eigenvalue weighted by molar-refractivity contribution is -0.131. The molecule has 0 atom stereocenters. The molecule has 0 aliphatic heterocycles. The summed E-state index contributed by atoms with van der Waals surface area (Å²) in [5, 5.41) is 2.89. The second-order valence-corrected chi connectivity index (χ2v) is 3.05. The van der Waals surface area contributed by atoms with Gasteiger partial charge >= 0.3 is 6.18 Å². The molecule has 0 aromatic carbocycles. The fourth-order valence-corrected chi connectivity index (χ4v) is 1.04. The van der Waals surface area contributed by atoms with E-state index >= 15 is 0 Å². The van der Waals surface area contributed by atoms with Gasteiger partial charge in [-0.2, -0.15) is 13.2 Å². The van der Waals surface area contributed by atoms with E-state index in [9.17, 15) is 13.2 Å². The Balaban J connectivity index is 2.43. The molecule has 0 saturated heterocycles. The number of aromatic nitrogens is 1. The highest BCUT2D eigenvalue weighted by Crippen LogP contribution is 2.22. The van der Waals surface area contributed by atoms with Crippen molar-refractivity contribution in [3.05, 3.63) is 23.5 Å². The molecule has 0 bridgehead atoms. The summed E-state index contributed by atoms with van der Waals surface area (Å²) in [6.45, 7) is -0.187. The predicted octanol–water partition coefficient (Wildman–Crippen LogP) is 3.10. The van der Waals surface area contributed by atoms with E-state index in [1.54, 1.807) is 0 Å². The van der Waals surface area contributed by atoms with Crippen molar-refractivity contribution in [2.24, 2.45) is 0 Å². The smallest absolute Gasteiger partial charge is 0.383 e. The summed E-state index contributed by atoms with van der Waals surface area (Å²) in [7, 11) is 0. The van der Waals surface area contributed by atoms with Crippen molar-refractivity contribution in [3.8, 4) is 0 Å². The minimum atomic E-state index is -4.15. The summed E-state index contributed by atoms with van der Waals surface area (Å²) in [6, 6.07) is 1.53. The molecule has 0 saturated carbocycles. The van der Waals surface area contributed by atoms with Crippen molar-refractivity contribution in [2.45, 2.75) is 12.6 Å². The van der Waals surface area contributed by atoms with Crippen LogP contribution in [0.5, 0.6) is 0 Å². The average Bonchev–Trinajstić information content (AvgIpc) is 2.06. The molecule has 14 heavy (non-hydrogen) atoms. The number of anilines is 1. The van der Waals surface area contributed by atoms with Crippen molar-refractivity contribution in [3.63, 3.8) is 0 Å². The van der Waals surface area contributed by atoms with Crippen molar-refractivity contribution < 1.29 is 13.2 Å². The normalized spacial score (nSPS) is 11.4. The monoisotopic (exact) mass is 224 g/mol. The molecule has 1 aromatic heterocycles. The third kappa shape index (κ3) is 3.83. The lowest BCUT2D eigenvalue weighted by Crippen LogP contribution is -2.14. The third-order valence-electron chi connectivity index (χ3n) is 1.50. The Hall–Kier alpha value is -0.970. The first-order valence-electron chi connectivity index (χ1n) is 3.89. The fraction of sp³-hybridized carbons (Fsp3) is 0.375. The Morgan fingerprint density at radius 2 is 2.14 bits per heavy atom. The zero-order valence-corrected chi connectivity index (χ0v) is 7.86. The van der Waals surface area contributed by atoms with Gasteiger partial charge in [0.15, 0.2) is 0 Å². The van der Waals surface area contributed by atoms with Crippen molar-refractivity contribution in [1.82, 2.24) is 4.98 Å². The Morgan fingerprint density at radius 3 is 2.71 bits per heavy atom. The summed E-state index contributed by atoms with van der Waals surface area (Å²) in [4.78, 5) is 3.71. The van der Waals surface area contributed by atoms with Crippen LogP contribution >= 0.6 is 11.6 Å². The van der Waals surface area contributed by atoms with Crippen molar-refractivity contribution in [1.29, 1.82) is 0 Å². The largest absolute Gasteiger partial charge is 0.390 e. The summed E-state index contributed by atoms with van der Waals surface area (Å²) in [5.74, 6) is 0. The number of hydrogen-bond acceptors (Lipinski definition) is 2. The number of alkyl halides is 3. The summed E-state index contributed by atoms with van der Waals surface area (Å²) < 4.78 is 35.3. The lowest BCUT2D eigenvalue weighted by Gasteiger charge is -2.09. The molecular formula is C8H8ClF3N2. The standard InChI is InChI=1S/C8H8ClF3N2/c9-6-5-13-3-1-7(6)14-4-2-8(10,11)12/h1,3,5H,2,4H2,(H,13,14). The van der Waals surface area contributed by atoms with Gasteiger partial charge in [-0.05, 0) is 6.07 Å². The van der Waals surface area contributed by atoms with E-state index in [1.807, 2.05) is 0 Å². The van der Waals surface area contributed by atoms with E-state index in [0.717, 1.165) is 0 Å². The molecule has 1 aromatic rings. The van der Waals surface area contributed by atoms with Gasteiger partial charge in [0.05, 0.1) is 17.1 Å². The Kier molecular flexibility index (Phi) is 3.57. The van der Waals surface area contributed by atoms with Crippen LogP contribution in [-0.4, -0.2) is 17.7 Å². The van der Waals surface area contributed by atoms with Gasteiger partial charge < -0.3 is 5.32 Å². The Bertz CT molecular complexity index is 301. The molecule has 1 heterocycles. The molecular weight excluding hydrogens is 217 g/mol. The first-order valence-corrected chi connectivity index (χ1v) is 4.27. The van der Waals surface area contributed by atoms with Crippen LogP contribution in [0, 0.1) is 0 Å². The highest BCUT2D eigenvalue weighted by molar-refractivity contribution is 6.33. The van der Waals surface area contributed by atoms with Crippen LogP contribution in [0.25, 0.3) is 0 Å². The number of halogens is 4. The van der Waals surface area contributed by atoms with E-state index in [2.05, 4.69) is 10.3 Å². The molecule has 0 radical (unpaired) electrons. The number of pyridine rings is 1. The number of rotatable bonds is 3. The molecule has 0 aliphatic rings. The topological polar surface area (TPSA) is 24.9 Å². The minimum Gasteiger partial charge on any atom is -0.383 e. The summed E-state index contributed by atoms with van der Waals surface area (Å²) in [6.07, 6.45) is -2.20. The molecule has 0 unspecified atom stereocenters. The van der Waals surface area contributed by atoms with Gasteiger partial charge in [-0.25, -0.2) is 0 Å². The molecule has 1 N–H and O–H groups in total. The summed E-state index contributed by atoms with van der Waals surface area (Å²) >= 11 is 5.67. The second-order valence-electron chi connectivity index (χ2n) is 2.65. The van der Waals surface area contributed by atoms with Gasteiger partial charge in [0, 0.05) is 18.9 Å². The Morgan fingerprint density at radius 1 is 1.43 bits per heavy atom. The first kappa shape index (κ1) is 11.1. The molecule has 0 aliphatic carbocycles. The lowest BCUT2D eigenvalue weighted by atomic mass is 10.3. The van der Waals surface area contributed by atoms with Gasteiger partial charge in [0.1, 0.15) is 0 Å². The van der Waals surface area contributed by atoms with Crippen LogP contribution in [0.1, 0.15) is 6.42 Å². The van der Waals surface area contributed by atoms with E-state index < -0.39 is 12.6 Å². The van der Waals surface area contributed by atoms with Crippen molar-refractivity contribution in [2.75, 3.05) is 11.9 Å². The van der Waals surface area contributed by atoms with E-state index in [1.165, 1.54) is 18.5 Å². The SMILES string of the molecule is FC(F)(F)CCNc1ccncc1Cl. The molecule has 6 heteroatoms. The zero-order chi connectivity index (χ0) is 10.6. The predicted molar refractivity (Wildman–Crippen MR) is 48.4 cm³/mol. The maximum atomic E-state index is 11.8. The van der Waals surface area contributed by atoms with Crippen LogP contribution in [-0.2, 0) is 0 Å². The quantitative estimate of drug-likeness (QED) is 0.854. The van der Waals surface area contributed by atoms with Gasteiger partial charge in [0.2, 0.25) is 0 Å². The number of nitrogens with one attached hydrogen (secondary N) is 1. The molecule has 0 spiro atoms. The highest BCUT2D eigenvalue weighted by Gasteiger charge is 2.26. The van der Waals surface area contributed by atoms with Gasteiger partial charge in [-0.15, -0.1) is 0 Å². The molecule has 0 fully saturated rings. The third-order valence-corrected chi connectivity index (χ3v) is 1.80. The highest BCUT2D eigenvalue weighted by atomic mass is 35.5. The summed E-state index contributed by atoms with van der Waals surface area (Å²) in [5.41, 5.74) is 0.464. The van der Waals surface area contributed by atoms with Crippen LogP contribution in [0.4, 0.5) is 18.9 Å². The molecule has 0 amide bonds. The minimum absolute atomic E-state index is 0.187. The van der Waals surface area contributed by atoms with E-state index in [0.29, 0.717) is 10.7 Å². The molecule has 78 valence electrons. The van der Waals surface area contributed by atoms with Crippen LogP contribution in [0.15, 0.2) is 18.5 Å². The van der Waals surface area contributed by atoms with Gasteiger partial charge in [0.25, 0.3) is 0 Å². The molecule has 2 nitrogen and oxygen atoms in total. The van der Waals surface area contributed by atoms with E-state index in [4.69, 9.17) is 11.6 Å². The van der Waals surface area contributed by atoms with Crippen LogP contribution < -0.4 is 5.32 Å². The maximum absolute atomic E-state index is 11.8. The number of nitrogens with zero attached hydrogens (tertiary/aromatic N) is 1. The average molecular weight is 225 g/mol. The van der Waals surface area contributed by atoms with Gasteiger partial charge in [-0.3, -0.25) is 4.98 Å². The van der Waals surface area contributed by atoms with Crippen LogP contribution in [0.3, 0.4) is 0 Å². The van der Waals surface area contributed by atoms with Crippen molar-refractivity contribution >= 4 is 17.3 Å². The van der Waals surface area contributed by atoms with Crippen LogP contribution in [0.2, 0.25) is 5.02 Å². The Labute approximate surface area is 84.1 Å². The number of hydrogen-bond donors (Lipinski definition) is 1. The maximum Gasteiger partial charge on any atom is 0.390 e. The molecule has 1 rings (SSSR count). The van der Waals surface area contributed by atoms with Gasteiger partial charge in [-0.1, -0.05) is 11.6 Å². The van der Waals surface area contributed by atoms with E-state index in [-0.39, 0.29) is 6.54 Å².